The number of nitrogens with zero attached hydrogens (tertiary/aromatic N) is 1. The van der Waals surface area contributed by atoms with Gasteiger partial charge in [0.1, 0.15) is 5.60 Å². The molecule has 0 aliphatic heterocycles. The summed E-state index contributed by atoms with van der Waals surface area (Å²) in [7, 11) is 0. The largest absolute Gasteiger partial charge is 0.444 e. The molecule has 1 aliphatic rings. The Morgan fingerprint density at radius 2 is 1.76 bits per heavy atom. The fourth-order valence-electron chi connectivity index (χ4n) is 2.26. The number of hydrogen-bond acceptors (Lipinski definition) is 3. The van der Waals surface area contributed by atoms with Gasteiger partial charge in [-0.25, -0.2) is 4.79 Å². The second-order valence-corrected chi connectivity index (χ2v) is 8.14. The maximum Gasteiger partial charge on any atom is 0.410 e. The van der Waals surface area contributed by atoms with E-state index in [9.17, 15) is 4.79 Å². The number of carbonyl (C=O) groups is 1. The van der Waals surface area contributed by atoms with E-state index in [4.69, 9.17) is 4.74 Å². The van der Waals surface area contributed by atoms with Crippen molar-refractivity contribution in [3.05, 3.63) is 0 Å². The summed E-state index contributed by atoms with van der Waals surface area (Å²) in [6, 6.07) is 0. The minimum absolute atomic E-state index is 0.224. The number of nitrogens with one attached hydrogen (secondary N) is 1. The fraction of sp³-hybridized carbons (Fsp3) is 0.941. The van der Waals surface area contributed by atoms with Crippen molar-refractivity contribution >= 4 is 6.09 Å². The molecular formula is C17H34N2O2. The Balaban J connectivity index is 2.30. The molecule has 0 aromatic rings. The first-order valence-electron chi connectivity index (χ1n) is 8.31. The lowest BCUT2D eigenvalue weighted by Gasteiger charge is -2.36. The standard InChI is InChI=1S/C17H34N2O2/c1-16(2,3)19(15(20)21-17(4,5)6)13-12-18-11-7-8-14-9-10-14/h14,18H,7-13H2,1-6H3. The fourth-order valence-corrected chi connectivity index (χ4v) is 2.26. The smallest absolute Gasteiger partial charge is 0.410 e. The molecule has 0 aromatic heterocycles. The van der Waals surface area contributed by atoms with Gasteiger partial charge < -0.3 is 15.0 Å². The first kappa shape index (κ1) is 18.3. The summed E-state index contributed by atoms with van der Waals surface area (Å²) in [5, 5.41) is 3.44. The molecular weight excluding hydrogens is 264 g/mol. The average molecular weight is 298 g/mol. The third-order valence-corrected chi connectivity index (χ3v) is 3.60. The summed E-state index contributed by atoms with van der Waals surface area (Å²) in [4.78, 5) is 14.1. The molecule has 0 heterocycles. The number of ether oxygens (including phenoxy) is 1. The van der Waals surface area contributed by atoms with Crippen molar-refractivity contribution in [1.29, 1.82) is 0 Å². The predicted molar refractivity (Wildman–Crippen MR) is 87.5 cm³/mol. The van der Waals surface area contributed by atoms with E-state index in [2.05, 4.69) is 5.32 Å². The summed E-state index contributed by atoms with van der Waals surface area (Å²) < 4.78 is 5.50. The van der Waals surface area contributed by atoms with Gasteiger partial charge in [-0.15, -0.1) is 0 Å². The molecule has 1 fully saturated rings. The minimum Gasteiger partial charge on any atom is -0.444 e. The van der Waals surface area contributed by atoms with Crippen LogP contribution in [0.3, 0.4) is 0 Å². The van der Waals surface area contributed by atoms with Crippen LogP contribution in [0.1, 0.15) is 67.2 Å². The van der Waals surface area contributed by atoms with Crippen molar-refractivity contribution < 1.29 is 9.53 Å². The Morgan fingerprint density at radius 1 is 1.14 bits per heavy atom. The highest BCUT2D eigenvalue weighted by atomic mass is 16.6. The van der Waals surface area contributed by atoms with Crippen LogP contribution in [0.2, 0.25) is 0 Å². The van der Waals surface area contributed by atoms with Gasteiger partial charge in [0.25, 0.3) is 0 Å². The van der Waals surface area contributed by atoms with Gasteiger partial charge in [-0.05, 0) is 66.8 Å². The second-order valence-electron chi connectivity index (χ2n) is 8.14. The molecule has 0 atom stereocenters. The summed E-state index contributed by atoms with van der Waals surface area (Å²) in [5.74, 6) is 1.000. The van der Waals surface area contributed by atoms with Crippen LogP contribution in [-0.4, -0.2) is 41.8 Å². The van der Waals surface area contributed by atoms with Crippen molar-refractivity contribution in [2.45, 2.75) is 78.4 Å². The minimum atomic E-state index is -0.446. The van der Waals surface area contributed by atoms with Gasteiger partial charge in [0.2, 0.25) is 0 Å². The number of carbonyl (C=O) groups excluding carboxylic acids is 1. The van der Waals surface area contributed by atoms with Crippen molar-refractivity contribution in [3.8, 4) is 0 Å². The zero-order valence-corrected chi connectivity index (χ0v) is 14.8. The highest BCUT2D eigenvalue weighted by Gasteiger charge is 2.30. The summed E-state index contributed by atoms with van der Waals surface area (Å²) in [6.07, 6.45) is 5.22. The van der Waals surface area contributed by atoms with Gasteiger partial charge in [-0.3, -0.25) is 0 Å². The van der Waals surface area contributed by atoms with Gasteiger partial charge >= 0.3 is 6.09 Å². The highest BCUT2D eigenvalue weighted by Crippen LogP contribution is 2.33. The van der Waals surface area contributed by atoms with Crippen molar-refractivity contribution in [3.63, 3.8) is 0 Å². The zero-order chi connectivity index (χ0) is 16.1. The van der Waals surface area contributed by atoms with Crippen LogP contribution in [0.4, 0.5) is 4.79 Å². The van der Waals surface area contributed by atoms with E-state index in [1.54, 1.807) is 0 Å². The average Bonchev–Trinajstić information content (AvgIpc) is 3.07. The lowest BCUT2D eigenvalue weighted by molar-refractivity contribution is 0.00666. The Labute approximate surface area is 130 Å². The Hall–Kier alpha value is -0.770. The summed E-state index contributed by atoms with van der Waals surface area (Å²) in [5.41, 5.74) is -0.670. The van der Waals surface area contributed by atoms with E-state index in [-0.39, 0.29) is 11.6 Å². The number of hydrogen-bond donors (Lipinski definition) is 1. The Bertz CT molecular complexity index is 325. The van der Waals surface area contributed by atoms with E-state index < -0.39 is 5.60 Å². The monoisotopic (exact) mass is 298 g/mol. The van der Waals surface area contributed by atoms with Gasteiger partial charge in [0.15, 0.2) is 0 Å². The molecule has 4 heteroatoms. The summed E-state index contributed by atoms with van der Waals surface area (Å²) in [6.45, 7) is 14.4. The Kier molecular flexibility index (Phi) is 6.51. The third-order valence-electron chi connectivity index (χ3n) is 3.60. The molecule has 1 rings (SSSR count). The molecule has 0 aromatic carbocycles. The van der Waals surface area contributed by atoms with E-state index >= 15 is 0 Å². The number of amides is 1. The van der Waals surface area contributed by atoms with E-state index in [0.29, 0.717) is 6.54 Å². The maximum atomic E-state index is 12.3. The summed E-state index contributed by atoms with van der Waals surface area (Å²) >= 11 is 0. The van der Waals surface area contributed by atoms with Gasteiger partial charge in [-0.2, -0.15) is 0 Å². The van der Waals surface area contributed by atoms with Gasteiger partial charge in [0, 0.05) is 18.6 Å². The molecule has 0 unspecified atom stereocenters. The molecule has 21 heavy (non-hydrogen) atoms. The number of rotatable bonds is 7. The lowest BCUT2D eigenvalue weighted by atomic mass is 10.1. The highest BCUT2D eigenvalue weighted by molar-refractivity contribution is 5.69. The molecule has 1 amide bonds. The van der Waals surface area contributed by atoms with Crippen LogP contribution < -0.4 is 5.32 Å². The Morgan fingerprint density at radius 3 is 2.24 bits per heavy atom. The molecule has 0 bridgehead atoms. The molecule has 1 saturated carbocycles. The topological polar surface area (TPSA) is 41.6 Å². The van der Waals surface area contributed by atoms with E-state index in [1.807, 2.05) is 46.4 Å². The molecule has 1 aliphatic carbocycles. The molecule has 0 radical (unpaired) electrons. The second kappa shape index (κ2) is 7.48. The lowest BCUT2D eigenvalue weighted by Crippen LogP contribution is -2.50. The van der Waals surface area contributed by atoms with Gasteiger partial charge in [0.05, 0.1) is 0 Å². The predicted octanol–water partition coefficient (Wildman–Crippen LogP) is 3.80. The zero-order valence-electron chi connectivity index (χ0n) is 14.8. The van der Waals surface area contributed by atoms with Crippen LogP contribution in [0.15, 0.2) is 0 Å². The van der Waals surface area contributed by atoms with Crippen molar-refractivity contribution in [1.82, 2.24) is 10.2 Å². The van der Waals surface area contributed by atoms with E-state index in [1.165, 1.54) is 25.7 Å². The first-order valence-corrected chi connectivity index (χ1v) is 8.31. The quantitative estimate of drug-likeness (QED) is 0.727. The molecule has 0 spiro atoms. The van der Waals surface area contributed by atoms with E-state index in [0.717, 1.165) is 19.0 Å². The van der Waals surface area contributed by atoms with Crippen LogP contribution >= 0.6 is 0 Å². The molecule has 4 nitrogen and oxygen atoms in total. The van der Waals surface area contributed by atoms with Crippen LogP contribution in [0.5, 0.6) is 0 Å². The first-order chi connectivity index (χ1) is 9.59. The molecule has 1 N–H and O–H groups in total. The normalized spacial score (nSPS) is 15.9. The third kappa shape index (κ3) is 8.30. The van der Waals surface area contributed by atoms with Gasteiger partial charge in [-0.1, -0.05) is 12.8 Å². The van der Waals surface area contributed by atoms with Crippen molar-refractivity contribution in [2.75, 3.05) is 19.6 Å². The SMILES string of the molecule is CC(C)(C)OC(=O)N(CCNCCCC1CC1)C(C)(C)C. The molecule has 0 saturated heterocycles. The van der Waals surface area contributed by atoms with Crippen LogP contribution in [-0.2, 0) is 4.74 Å². The van der Waals surface area contributed by atoms with Crippen molar-refractivity contribution in [2.24, 2.45) is 5.92 Å². The van der Waals surface area contributed by atoms with Crippen LogP contribution in [0, 0.1) is 5.92 Å². The van der Waals surface area contributed by atoms with Crippen LogP contribution in [0.25, 0.3) is 0 Å². The molecule has 124 valence electrons. The maximum absolute atomic E-state index is 12.3.